The van der Waals surface area contributed by atoms with Crippen LogP contribution >= 0.6 is 0 Å². The third-order valence-electron chi connectivity index (χ3n) is 15.7. The van der Waals surface area contributed by atoms with Gasteiger partial charge in [0.1, 0.15) is 6.10 Å². The van der Waals surface area contributed by atoms with Crippen LogP contribution in [0.15, 0.2) is 116 Å². The minimum atomic E-state index is -0.489. The Kier molecular flexibility index (Phi) is 32.0. The SMILES string of the molecule is CCCCCCCCCCCCCC[C@@H](OCc1ccccc1)[C@@H](OCc1ccccc1)[C@H](CO[C@H]1OC(COCc2ccccc2)[C@H](C)[C@H](C)C1C)NC(=O)CCCCCCCCCCCNC(=O)c1ccncc1. The maximum atomic E-state index is 14.2. The van der Waals surface area contributed by atoms with E-state index < -0.39 is 18.4 Å². The van der Waals surface area contributed by atoms with E-state index in [4.69, 9.17) is 23.7 Å². The number of pyridine rings is 1. The summed E-state index contributed by atoms with van der Waals surface area (Å²) in [4.78, 5) is 30.5. The summed E-state index contributed by atoms with van der Waals surface area (Å²) in [5.74, 6) is 0.696. The van der Waals surface area contributed by atoms with Gasteiger partial charge in [-0.15, -0.1) is 0 Å². The Labute approximate surface area is 459 Å². The maximum Gasteiger partial charge on any atom is 0.251 e. The topological polar surface area (TPSA) is 117 Å². The molecule has 1 aliphatic rings. The number of aromatic nitrogens is 1. The monoisotopic (exact) mass is 1050 g/mol. The highest BCUT2D eigenvalue weighted by molar-refractivity contribution is 5.93. The van der Waals surface area contributed by atoms with Crippen LogP contribution in [0.4, 0.5) is 0 Å². The number of rotatable bonds is 42. The lowest BCUT2D eigenvalue weighted by Gasteiger charge is -2.44. The van der Waals surface area contributed by atoms with Crippen LogP contribution < -0.4 is 10.6 Å². The van der Waals surface area contributed by atoms with Crippen LogP contribution in [-0.4, -0.2) is 67.2 Å². The second kappa shape index (κ2) is 39.0. The van der Waals surface area contributed by atoms with Crippen molar-refractivity contribution in [1.29, 1.82) is 0 Å². The van der Waals surface area contributed by atoms with Crippen molar-refractivity contribution in [3.05, 3.63) is 138 Å². The molecule has 2 N–H and O–H groups in total. The molecule has 3 aromatic carbocycles. The van der Waals surface area contributed by atoms with Crippen LogP contribution in [0.2, 0.25) is 0 Å². The molecule has 76 heavy (non-hydrogen) atoms. The molecular weight excluding hydrogens is 947 g/mol. The Hall–Kier alpha value is -4.45. The lowest BCUT2D eigenvalue weighted by Crippen LogP contribution is -2.54. The summed E-state index contributed by atoms with van der Waals surface area (Å²) in [6.45, 7) is 11.8. The molecule has 0 radical (unpaired) electrons. The van der Waals surface area contributed by atoms with Crippen molar-refractivity contribution in [1.82, 2.24) is 15.6 Å². The number of unbranched alkanes of at least 4 members (excludes halogenated alkanes) is 19. The van der Waals surface area contributed by atoms with Gasteiger partial charge in [0, 0.05) is 36.8 Å². The lowest BCUT2D eigenvalue weighted by atomic mass is 9.79. The molecule has 0 spiro atoms. The predicted molar refractivity (Wildman–Crippen MR) is 309 cm³/mol. The van der Waals surface area contributed by atoms with Crippen LogP contribution in [0.1, 0.15) is 202 Å². The highest BCUT2D eigenvalue weighted by atomic mass is 16.7. The van der Waals surface area contributed by atoms with Crippen LogP contribution in [0.3, 0.4) is 0 Å². The zero-order valence-corrected chi connectivity index (χ0v) is 47.4. The molecule has 1 aliphatic heterocycles. The predicted octanol–water partition coefficient (Wildman–Crippen LogP) is 15.3. The van der Waals surface area contributed by atoms with Crippen molar-refractivity contribution in [2.75, 3.05) is 19.8 Å². The van der Waals surface area contributed by atoms with Crippen molar-refractivity contribution in [2.24, 2.45) is 17.8 Å². The third kappa shape index (κ3) is 25.3. The number of amides is 2. The number of ether oxygens (including phenoxy) is 5. The molecule has 10 nitrogen and oxygen atoms in total. The zero-order valence-electron chi connectivity index (χ0n) is 47.4. The molecule has 1 fully saturated rings. The number of hydrogen-bond acceptors (Lipinski definition) is 8. The Bertz CT molecular complexity index is 2050. The molecule has 2 unspecified atom stereocenters. The van der Waals surface area contributed by atoms with Gasteiger partial charge in [0.05, 0.1) is 51.3 Å². The molecular formula is C66H99N3O7. The van der Waals surface area contributed by atoms with E-state index in [1.54, 1.807) is 24.5 Å². The molecule has 8 atom stereocenters. The van der Waals surface area contributed by atoms with Crippen LogP contribution in [-0.2, 0) is 48.3 Å². The number of carbonyl (C=O) groups excluding carboxylic acids is 2. The Morgan fingerprint density at radius 3 is 1.63 bits per heavy atom. The minimum absolute atomic E-state index is 0.0110. The summed E-state index contributed by atoms with van der Waals surface area (Å²) in [7, 11) is 0. The highest BCUT2D eigenvalue weighted by Gasteiger charge is 2.41. The molecule has 1 aromatic heterocycles. The van der Waals surface area contributed by atoms with Gasteiger partial charge in [-0.25, -0.2) is 0 Å². The molecule has 10 heteroatoms. The first-order chi connectivity index (χ1) is 37.3. The summed E-state index contributed by atoms with van der Waals surface area (Å²) in [5, 5.41) is 6.50. The maximum absolute atomic E-state index is 14.2. The van der Waals surface area contributed by atoms with Gasteiger partial charge in [-0.05, 0) is 59.9 Å². The number of nitrogens with one attached hydrogen (secondary N) is 2. The van der Waals surface area contributed by atoms with Gasteiger partial charge < -0.3 is 34.3 Å². The van der Waals surface area contributed by atoms with Crippen LogP contribution in [0.5, 0.6) is 0 Å². The van der Waals surface area contributed by atoms with Crippen LogP contribution in [0.25, 0.3) is 0 Å². The van der Waals surface area contributed by atoms with Crippen molar-refractivity contribution in [3.63, 3.8) is 0 Å². The van der Waals surface area contributed by atoms with Gasteiger partial charge in [0.2, 0.25) is 5.91 Å². The third-order valence-corrected chi connectivity index (χ3v) is 15.7. The number of hydrogen-bond donors (Lipinski definition) is 2. The van der Waals surface area contributed by atoms with Gasteiger partial charge in [-0.3, -0.25) is 14.6 Å². The first kappa shape index (κ1) is 62.4. The average Bonchev–Trinajstić information content (AvgIpc) is 3.45. The second-order valence-electron chi connectivity index (χ2n) is 21.8. The first-order valence-electron chi connectivity index (χ1n) is 30.0. The van der Waals surface area contributed by atoms with Crippen molar-refractivity contribution >= 4 is 11.8 Å². The fourth-order valence-corrected chi connectivity index (χ4v) is 10.4. The van der Waals surface area contributed by atoms with E-state index in [2.05, 4.69) is 91.8 Å². The van der Waals surface area contributed by atoms with Crippen molar-refractivity contribution in [2.45, 2.75) is 226 Å². The van der Waals surface area contributed by atoms with E-state index in [1.807, 2.05) is 42.5 Å². The normalized spacial score (nSPS) is 18.7. The van der Waals surface area contributed by atoms with E-state index in [1.165, 1.54) is 77.0 Å². The summed E-state index contributed by atoms with van der Waals surface area (Å²) >= 11 is 0. The number of carbonyl (C=O) groups is 2. The minimum Gasteiger partial charge on any atom is -0.374 e. The smallest absolute Gasteiger partial charge is 0.251 e. The van der Waals surface area contributed by atoms with Gasteiger partial charge in [0.25, 0.3) is 5.91 Å². The highest BCUT2D eigenvalue weighted by Crippen LogP contribution is 2.36. The molecule has 0 saturated carbocycles. The van der Waals surface area contributed by atoms with Crippen molar-refractivity contribution < 1.29 is 33.3 Å². The Balaban J connectivity index is 1.22. The van der Waals surface area contributed by atoms with Gasteiger partial charge >= 0.3 is 0 Å². The molecule has 1 saturated heterocycles. The second-order valence-corrected chi connectivity index (χ2v) is 21.8. The molecule has 0 aliphatic carbocycles. The number of nitrogens with zero attached hydrogens (tertiary/aromatic N) is 1. The largest absolute Gasteiger partial charge is 0.374 e. The number of benzene rings is 3. The van der Waals surface area contributed by atoms with Gasteiger partial charge in [0.15, 0.2) is 6.29 Å². The average molecular weight is 1050 g/mol. The Morgan fingerprint density at radius 2 is 1.07 bits per heavy atom. The standard InChI is InChI=1S/C66H99N3O7/c1-5-6-7-8-9-10-11-12-14-17-20-32-41-61(73-49-57-37-28-24-29-38-57)64(74-50-58-39-30-25-31-40-58)60(51-75-66-55(4)53(2)54(3)62(76-66)52-72-48-56-35-26-23-27-36-56)69-63(70)42-33-21-18-15-13-16-19-22-34-45-68-65(71)59-43-46-67-47-44-59/h23-31,35-40,43-44,46-47,53-55,60-62,64,66H,5-22,32-34,41-42,45,48-52H2,1-4H3,(H,68,71)(H,69,70)/t53-,54+,55?,60-,61+,62?,64-,66-/m0/s1. The summed E-state index contributed by atoms with van der Waals surface area (Å²) in [5.41, 5.74) is 3.96. The zero-order chi connectivity index (χ0) is 53.7. The summed E-state index contributed by atoms with van der Waals surface area (Å²) in [6.07, 6.45) is 28.1. The molecule has 2 heterocycles. The molecule has 4 aromatic rings. The molecule has 5 rings (SSSR count). The summed E-state index contributed by atoms with van der Waals surface area (Å²) < 4.78 is 34.1. The van der Waals surface area contributed by atoms with Gasteiger partial charge in [-0.2, -0.15) is 0 Å². The first-order valence-corrected chi connectivity index (χ1v) is 30.0. The van der Waals surface area contributed by atoms with E-state index in [9.17, 15) is 9.59 Å². The summed E-state index contributed by atoms with van der Waals surface area (Å²) in [6, 6.07) is 34.0. The van der Waals surface area contributed by atoms with E-state index in [-0.39, 0.29) is 42.5 Å². The fraction of sp³-hybridized carbons (Fsp3) is 0.621. The quantitative estimate of drug-likeness (QED) is 0.0422. The Morgan fingerprint density at radius 1 is 0.566 bits per heavy atom. The van der Waals surface area contributed by atoms with E-state index in [0.29, 0.717) is 50.9 Å². The van der Waals surface area contributed by atoms with E-state index in [0.717, 1.165) is 80.9 Å². The lowest BCUT2D eigenvalue weighted by molar-refractivity contribution is -0.262. The van der Waals surface area contributed by atoms with E-state index >= 15 is 0 Å². The fourth-order valence-electron chi connectivity index (χ4n) is 10.4. The van der Waals surface area contributed by atoms with Crippen molar-refractivity contribution in [3.8, 4) is 0 Å². The molecule has 2 amide bonds. The molecule has 0 bridgehead atoms. The van der Waals surface area contributed by atoms with Crippen LogP contribution in [0, 0.1) is 17.8 Å². The molecule has 420 valence electrons. The van der Waals surface area contributed by atoms with Gasteiger partial charge in [-0.1, -0.05) is 241 Å².